The van der Waals surface area contributed by atoms with Crippen LogP contribution in [0.3, 0.4) is 0 Å². The van der Waals surface area contributed by atoms with Crippen LogP contribution in [0.1, 0.15) is 46.6 Å². The fraction of sp³-hybridized carbons (Fsp3) is 0.214. The molecule has 0 saturated carbocycles. The minimum atomic E-state index is -0.270. The van der Waals surface area contributed by atoms with Gasteiger partial charge in [-0.3, -0.25) is 14.6 Å². The van der Waals surface area contributed by atoms with Crippen molar-refractivity contribution in [1.29, 1.82) is 0 Å². The van der Waals surface area contributed by atoms with Crippen LogP contribution in [0, 0.1) is 6.92 Å². The van der Waals surface area contributed by atoms with E-state index >= 15 is 0 Å². The van der Waals surface area contributed by atoms with Crippen molar-refractivity contribution in [2.45, 2.75) is 39.2 Å². The van der Waals surface area contributed by atoms with E-state index in [4.69, 9.17) is 4.42 Å². The lowest BCUT2D eigenvalue weighted by atomic mass is 10.1. The van der Waals surface area contributed by atoms with Gasteiger partial charge in [0.05, 0.1) is 23.4 Å². The number of carbonyl (C=O) groups excluding carboxylic acids is 2. The zero-order chi connectivity index (χ0) is 24.5. The Morgan fingerprint density at radius 3 is 2.54 bits per heavy atom. The van der Waals surface area contributed by atoms with Crippen LogP contribution in [0.4, 0.5) is 5.69 Å². The van der Waals surface area contributed by atoms with Crippen molar-refractivity contribution in [2.24, 2.45) is 0 Å². The van der Waals surface area contributed by atoms with Crippen LogP contribution in [-0.2, 0) is 17.8 Å². The van der Waals surface area contributed by atoms with E-state index in [1.54, 1.807) is 24.4 Å². The molecule has 0 radical (unpaired) electrons. The van der Waals surface area contributed by atoms with Gasteiger partial charge in [-0.05, 0) is 56.0 Å². The van der Waals surface area contributed by atoms with Gasteiger partial charge in [-0.2, -0.15) is 0 Å². The third-order valence-corrected chi connectivity index (χ3v) is 5.64. The molecule has 0 fully saturated rings. The smallest absolute Gasteiger partial charge is 0.257 e. The SMILES string of the molecule is Cc1oc(-c2ccccc2NC(=O)c2cccnc2)nc1CNC(=O)CCCCc1ccccc1. The lowest BCUT2D eigenvalue weighted by Crippen LogP contribution is -2.22. The molecule has 4 aromatic rings. The van der Waals surface area contributed by atoms with Gasteiger partial charge in [0, 0.05) is 18.8 Å². The lowest BCUT2D eigenvalue weighted by Gasteiger charge is -2.08. The molecule has 4 rings (SSSR count). The molecule has 0 aliphatic carbocycles. The number of para-hydroxylation sites is 1. The summed E-state index contributed by atoms with van der Waals surface area (Å²) in [4.78, 5) is 33.5. The maximum absolute atomic E-state index is 12.6. The van der Waals surface area contributed by atoms with Crippen molar-refractivity contribution in [1.82, 2.24) is 15.3 Å². The van der Waals surface area contributed by atoms with Gasteiger partial charge < -0.3 is 15.1 Å². The van der Waals surface area contributed by atoms with Gasteiger partial charge in [-0.1, -0.05) is 42.5 Å². The average molecular weight is 469 g/mol. The highest BCUT2D eigenvalue weighted by atomic mass is 16.4. The van der Waals surface area contributed by atoms with Gasteiger partial charge in [-0.15, -0.1) is 0 Å². The van der Waals surface area contributed by atoms with Crippen LogP contribution in [0.15, 0.2) is 83.5 Å². The monoisotopic (exact) mass is 468 g/mol. The van der Waals surface area contributed by atoms with Crippen LogP contribution in [-0.4, -0.2) is 21.8 Å². The summed E-state index contributed by atoms with van der Waals surface area (Å²) in [7, 11) is 0. The molecule has 7 heteroatoms. The van der Waals surface area contributed by atoms with E-state index in [9.17, 15) is 9.59 Å². The van der Waals surface area contributed by atoms with Crippen LogP contribution in [0.2, 0.25) is 0 Å². The van der Waals surface area contributed by atoms with Crippen LogP contribution < -0.4 is 10.6 Å². The minimum absolute atomic E-state index is 0.00820. The fourth-order valence-electron chi connectivity index (χ4n) is 3.71. The highest BCUT2D eigenvalue weighted by molar-refractivity contribution is 6.05. The van der Waals surface area contributed by atoms with Crippen LogP contribution in [0.25, 0.3) is 11.5 Å². The first-order valence-electron chi connectivity index (χ1n) is 11.7. The van der Waals surface area contributed by atoms with E-state index in [0.717, 1.165) is 19.3 Å². The Hall–Kier alpha value is -4.26. The second kappa shape index (κ2) is 11.7. The molecular weight excluding hydrogens is 440 g/mol. The molecule has 7 nitrogen and oxygen atoms in total. The van der Waals surface area contributed by atoms with Crippen LogP contribution >= 0.6 is 0 Å². The summed E-state index contributed by atoms with van der Waals surface area (Å²) in [5.41, 5.74) is 3.64. The Labute approximate surface area is 204 Å². The standard InChI is InChI=1S/C28H28N4O3/c1-20-25(19-30-26(33)16-8-5-12-21-10-3-2-4-11-21)32-28(35-20)23-14-6-7-15-24(23)31-27(34)22-13-9-17-29-18-22/h2-4,6-7,9-11,13-15,17-18H,5,8,12,16,19H2,1H3,(H,30,33)(H,31,34). The molecule has 0 aliphatic heterocycles. The summed E-state index contributed by atoms with van der Waals surface area (Å²) < 4.78 is 5.88. The number of pyridine rings is 1. The third kappa shape index (κ3) is 6.63. The van der Waals surface area contributed by atoms with Gasteiger partial charge in [0.25, 0.3) is 5.91 Å². The Morgan fingerprint density at radius 1 is 0.943 bits per heavy atom. The fourth-order valence-corrected chi connectivity index (χ4v) is 3.71. The van der Waals surface area contributed by atoms with Crippen molar-refractivity contribution >= 4 is 17.5 Å². The number of nitrogens with one attached hydrogen (secondary N) is 2. The summed E-state index contributed by atoms with van der Waals surface area (Å²) in [6.45, 7) is 2.10. The number of hydrogen-bond donors (Lipinski definition) is 2. The van der Waals surface area contributed by atoms with Gasteiger partial charge >= 0.3 is 0 Å². The molecule has 2 N–H and O–H groups in total. The average Bonchev–Trinajstić information content (AvgIpc) is 3.27. The summed E-state index contributed by atoms with van der Waals surface area (Å²) in [5.74, 6) is 0.731. The number of unbranched alkanes of at least 4 members (excludes halogenated alkanes) is 1. The molecule has 2 aromatic carbocycles. The molecule has 0 saturated heterocycles. The number of carbonyl (C=O) groups is 2. The Morgan fingerprint density at radius 2 is 1.74 bits per heavy atom. The second-order valence-corrected chi connectivity index (χ2v) is 8.23. The first-order chi connectivity index (χ1) is 17.1. The Balaban J connectivity index is 1.33. The maximum Gasteiger partial charge on any atom is 0.257 e. The molecule has 35 heavy (non-hydrogen) atoms. The molecule has 2 aromatic heterocycles. The van der Waals surface area contributed by atoms with Gasteiger partial charge in [0.1, 0.15) is 11.5 Å². The van der Waals surface area contributed by atoms with E-state index in [2.05, 4.69) is 32.7 Å². The first-order valence-corrected chi connectivity index (χ1v) is 11.7. The topological polar surface area (TPSA) is 97.1 Å². The highest BCUT2D eigenvalue weighted by Crippen LogP contribution is 2.29. The predicted octanol–water partition coefficient (Wildman–Crippen LogP) is 5.33. The quantitative estimate of drug-likeness (QED) is 0.307. The van der Waals surface area contributed by atoms with Crippen molar-refractivity contribution in [3.05, 3.63) is 102 Å². The van der Waals surface area contributed by atoms with E-state index in [-0.39, 0.29) is 18.4 Å². The van der Waals surface area contributed by atoms with E-state index in [1.165, 1.54) is 11.8 Å². The molecule has 0 atom stereocenters. The van der Waals surface area contributed by atoms with Crippen molar-refractivity contribution in [3.63, 3.8) is 0 Å². The number of hydrogen-bond acceptors (Lipinski definition) is 5. The second-order valence-electron chi connectivity index (χ2n) is 8.23. The number of nitrogens with zero attached hydrogens (tertiary/aromatic N) is 2. The van der Waals surface area contributed by atoms with E-state index in [1.807, 2.05) is 43.3 Å². The predicted molar refractivity (Wildman–Crippen MR) is 135 cm³/mol. The number of aryl methyl sites for hydroxylation is 2. The number of oxazole rings is 1. The highest BCUT2D eigenvalue weighted by Gasteiger charge is 2.17. The first kappa shape index (κ1) is 23.9. The van der Waals surface area contributed by atoms with Crippen molar-refractivity contribution in [3.8, 4) is 11.5 Å². The lowest BCUT2D eigenvalue weighted by molar-refractivity contribution is -0.121. The largest absolute Gasteiger partial charge is 0.441 e. The molecule has 2 amide bonds. The Kier molecular flexibility index (Phi) is 8.01. The van der Waals surface area contributed by atoms with Gasteiger partial charge in [0.2, 0.25) is 11.8 Å². The number of benzene rings is 2. The summed E-state index contributed by atoms with van der Waals surface area (Å²) in [5, 5.41) is 5.83. The Bertz CT molecular complexity index is 1270. The molecule has 0 spiro atoms. The third-order valence-electron chi connectivity index (χ3n) is 5.64. The van der Waals surface area contributed by atoms with Gasteiger partial charge in [0.15, 0.2) is 0 Å². The number of anilines is 1. The zero-order valence-corrected chi connectivity index (χ0v) is 19.7. The summed E-state index contributed by atoms with van der Waals surface area (Å²) in [6, 6.07) is 21.0. The van der Waals surface area contributed by atoms with E-state index in [0.29, 0.717) is 40.6 Å². The summed E-state index contributed by atoms with van der Waals surface area (Å²) >= 11 is 0. The number of aromatic nitrogens is 2. The van der Waals surface area contributed by atoms with E-state index < -0.39 is 0 Å². The molecule has 0 unspecified atom stereocenters. The molecule has 2 heterocycles. The maximum atomic E-state index is 12.6. The summed E-state index contributed by atoms with van der Waals surface area (Å²) in [6.07, 6.45) is 6.36. The van der Waals surface area contributed by atoms with Crippen molar-refractivity contribution < 1.29 is 14.0 Å². The molecule has 178 valence electrons. The molecular formula is C28H28N4O3. The normalized spacial score (nSPS) is 10.7. The molecule has 0 bridgehead atoms. The molecule has 0 aliphatic rings. The number of amides is 2. The minimum Gasteiger partial charge on any atom is -0.441 e. The van der Waals surface area contributed by atoms with Crippen molar-refractivity contribution in [2.75, 3.05) is 5.32 Å². The van der Waals surface area contributed by atoms with Gasteiger partial charge in [-0.25, -0.2) is 4.98 Å². The van der Waals surface area contributed by atoms with Crippen LogP contribution in [0.5, 0.6) is 0 Å². The zero-order valence-electron chi connectivity index (χ0n) is 19.7. The number of rotatable bonds is 10.